The maximum Gasteiger partial charge on any atom is 0.249 e. The van der Waals surface area contributed by atoms with Gasteiger partial charge in [-0.2, -0.15) is 0 Å². The van der Waals surface area contributed by atoms with Crippen LogP contribution in [-0.2, 0) is 9.59 Å². The van der Waals surface area contributed by atoms with Crippen molar-refractivity contribution in [2.45, 2.75) is 25.8 Å². The van der Waals surface area contributed by atoms with Crippen molar-refractivity contribution >= 4 is 28.8 Å². The number of fused-ring (bicyclic) bond motifs is 1. The number of nitrogens with zero attached hydrogens (tertiary/aromatic N) is 2. The molecular weight excluding hydrogens is 272 g/mol. The van der Waals surface area contributed by atoms with Crippen LogP contribution in [0.2, 0.25) is 0 Å². The van der Waals surface area contributed by atoms with Crippen molar-refractivity contribution in [2.24, 2.45) is 0 Å². The third-order valence-corrected chi connectivity index (χ3v) is 3.53. The molecule has 0 spiro atoms. The molecule has 2 aromatic rings. The van der Waals surface area contributed by atoms with Crippen molar-refractivity contribution in [3.05, 3.63) is 18.2 Å². The molecule has 7 nitrogen and oxygen atoms in total. The van der Waals surface area contributed by atoms with Crippen molar-refractivity contribution in [3.63, 3.8) is 0 Å². The minimum Gasteiger partial charge on any atom is -0.492 e. The van der Waals surface area contributed by atoms with E-state index in [0.717, 1.165) is 5.52 Å². The lowest BCUT2D eigenvalue weighted by molar-refractivity contribution is -0.135. The number of para-hydroxylation sites is 1. The first-order valence-electron chi connectivity index (χ1n) is 6.84. The summed E-state index contributed by atoms with van der Waals surface area (Å²) in [4.78, 5) is 27.6. The summed E-state index contributed by atoms with van der Waals surface area (Å²) in [6.07, 6.45) is 0.708. The molecule has 0 saturated carbocycles. The van der Waals surface area contributed by atoms with Crippen LogP contribution in [0.4, 0.5) is 5.95 Å². The van der Waals surface area contributed by atoms with Crippen LogP contribution in [0.1, 0.15) is 25.8 Å². The number of ether oxygens (including phenoxy) is 1. The molecule has 1 aromatic heterocycles. The van der Waals surface area contributed by atoms with E-state index >= 15 is 0 Å². The highest BCUT2D eigenvalue weighted by molar-refractivity contribution is 6.00. The van der Waals surface area contributed by atoms with Crippen LogP contribution in [0.15, 0.2) is 18.2 Å². The Bertz CT molecular complexity index is 722. The van der Waals surface area contributed by atoms with Crippen LogP contribution in [-0.4, -0.2) is 28.0 Å². The lowest BCUT2D eigenvalue weighted by Gasteiger charge is -2.23. The van der Waals surface area contributed by atoms with E-state index in [2.05, 4.69) is 10.3 Å². The van der Waals surface area contributed by atoms with E-state index in [1.807, 2.05) is 25.1 Å². The standard InChI is InChI=1S/C14H16N4O3/c1-2-21-10-5-3-4-8-12(10)17-14(15)18(8)9-6-7-11(19)16-13(9)20/h3-5,9H,2,6-7H2,1H3,(H2,15,17)(H,16,19,20). The second kappa shape index (κ2) is 5.08. The molecule has 7 heteroatoms. The van der Waals surface area contributed by atoms with E-state index in [1.54, 1.807) is 4.57 Å². The smallest absolute Gasteiger partial charge is 0.249 e. The average molecular weight is 288 g/mol. The Labute approximate surface area is 121 Å². The van der Waals surface area contributed by atoms with E-state index in [-0.39, 0.29) is 17.8 Å². The van der Waals surface area contributed by atoms with Crippen LogP contribution in [0, 0.1) is 0 Å². The summed E-state index contributed by atoms with van der Waals surface area (Å²) in [6.45, 7) is 2.41. The summed E-state index contributed by atoms with van der Waals surface area (Å²) < 4.78 is 7.20. The fraction of sp³-hybridized carbons (Fsp3) is 0.357. The first-order chi connectivity index (χ1) is 10.1. The highest BCUT2D eigenvalue weighted by atomic mass is 16.5. The van der Waals surface area contributed by atoms with Gasteiger partial charge in [0.25, 0.3) is 0 Å². The lowest BCUT2D eigenvalue weighted by atomic mass is 10.1. The molecule has 110 valence electrons. The zero-order valence-corrected chi connectivity index (χ0v) is 11.6. The predicted octanol–water partition coefficient (Wildman–Crippen LogP) is 0.995. The number of imidazole rings is 1. The number of piperidine rings is 1. The SMILES string of the molecule is CCOc1cccc2c1nc(N)n2C1CCC(=O)NC1=O. The Morgan fingerprint density at radius 1 is 1.48 bits per heavy atom. The first kappa shape index (κ1) is 13.4. The molecule has 21 heavy (non-hydrogen) atoms. The minimum absolute atomic E-state index is 0.242. The van der Waals surface area contributed by atoms with Crippen molar-refractivity contribution in [3.8, 4) is 5.75 Å². The van der Waals surface area contributed by atoms with Crippen molar-refractivity contribution < 1.29 is 14.3 Å². The van der Waals surface area contributed by atoms with E-state index in [1.165, 1.54) is 0 Å². The van der Waals surface area contributed by atoms with Gasteiger partial charge in [0.15, 0.2) is 0 Å². The van der Waals surface area contributed by atoms with E-state index in [0.29, 0.717) is 30.7 Å². The number of hydrogen-bond donors (Lipinski definition) is 2. The molecule has 2 heterocycles. The number of aromatic nitrogens is 2. The van der Waals surface area contributed by atoms with Gasteiger partial charge < -0.3 is 10.5 Å². The number of amides is 2. The molecule has 2 amide bonds. The van der Waals surface area contributed by atoms with Crippen LogP contribution >= 0.6 is 0 Å². The number of nitrogens with two attached hydrogens (primary N) is 1. The van der Waals surface area contributed by atoms with Crippen molar-refractivity contribution in [1.29, 1.82) is 0 Å². The quantitative estimate of drug-likeness (QED) is 0.821. The monoisotopic (exact) mass is 288 g/mol. The normalized spacial score (nSPS) is 18.8. The fourth-order valence-corrected chi connectivity index (χ4v) is 2.64. The molecule has 1 aromatic carbocycles. The Kier molecular flexibility index (Phi) is 3.25. The fourth-order valence-electron chi connectivity index (χ4n) is 2.64. The van der Waals surface area contributed by atoms with Gasteiger partial charge >= 0.3 is 0 Å². The Morgan fingerprint density at radius 3 is 3.00 bits per heavy atom. The first-order valence-corrected chi connectivity index (χ1v) is 6.84. The van der Waals surface area contributed by atoms with E-state index in [4.69, 9.17) is 10.5 Å². The Morgan fingerprint density at radius 2 is 2.29 bits per heavy atom. The van der Waals surface area contributed by atoms with Gasteiger partial charge in [-0.05, 0) is 25.5 Å². The van der Waals surface area contributed by atoms with Crippen LogP contribution in [0.3, 0.4) is 0 Å². The topological polar surface area (TPSA) is 99.2 Å². The summed E-state index contributed by atoms with van der Waals surface area (Å²) in [5.74, 6) is 0.271. The van der Waals surface area contributed by atoms with Gasteiger partial charge in [-0.1, -0.05) is 6.07 Å². The van der Waals surface area contributed by atoms with Crippen LogP contribution in [0.5, 0.6) is 5.75 Å². The van der Waals surface area contributed by atoms with Crippen LogP contribution in [0.25, 0.3) is 11.0 Å². The number of benzene rings is 1. The summed E-state index contributed by atoms with van der Waals surface area (Å²) in [6, 6.07) is 4.96. The summed E-state index contributed by atoms with van der Waals surface area (Å²) in [7, 11) is 0. The maximum absolute atomic E-state index is 12.0. The zero-order chi connectivity index (χ0) is 15.0. The molecule has 1 aliphatic heterocycles. The zero-order valence-electron chi connectivity index (χ0n) is 11.6. The van der Waals surface area contributed by atoms with Gasteiger partial charge in [-0.15, -0.1) is 0 Å². The largest absolute Gasteiger partial charge is 0.492 e. The molecule has 1 atom stereocenters. The van der Waals surface area contributed by atoms with Gasteiger partial charge in [0.05, 0.1) is 12.1 Å². The molecular formula is C14H16N4O3. The second-order valence-corrected chi connectivity index (χ2v) is 4.86. The third-order valence-electron chi connectivity index (χ3n) is 3.53. The van der Waals surface area contributed by atoms with Gasteiger partial charge in [0.1, 0.15) is 17.3 Å². The average Bonchev–Trinajstić information content (AvgIpc) is 2.77. The highest BCUT2D eigenvalue weighted by Crippen LogP contribution is 2.32. The number of imide groups is 1. The number of hydrogen-bond acceptors (Lipinski definition) is 5. The van der Waals surface area contributed by atoms with Crippen molar-refractivity contribution in [2.75, 3.05) is 12.3 Å². The molecule has 1 fully saturated rings. The maximum atomic E-state index is 12.0. The van der Waals surface area contributed by atoms with Crippen LogP contribution < -0.4 is 15.8 Å². The molecule has 3 N–H and O–H groups in total. The third kappa shape index (κ3) is 2.20. The minimum atomic E-state index is -0.524. The summed E-state index contributed by atoms with van der Waals surface area (Å²) >= 11 is 0. The number of nitrogen functional groups attached to an aromatic ring is 1. The summed E-state index contributed by atoms with van der Waals surface area (Å²) in [5, 5.41) is 2.34. The molecule has 0 radical (unpaired) electrons. The molecule has 1 saturated heterocycles. The molecule has 0 aliphatic carbocycles. The highest BCUT2D eigenvalue weighted by Gasteiger charge is 2.31. The van der Waals surface area contributed by atoms with Gasteiger partial charge in [-0.25, -0.2) is 4.98 Å². The van der Waals surface area contributed by atoms with Crippen molar-refractivity contribution in [1.82, 2.24) is 14.9 Å². The Hall–Kier alpha value is -2.57. The number of carbonyl (C=O) groups is 2. The molecule has 0 bridgehead atoms. The predicted molar refractivity (Wildman–Crippen MR) is 76.7 cm³/mol. The van der Waals surface area contributed by atoms with E-state index < -0.39 is 6.04 Å². The van der Waals surface area contributed by atoms with Gasteiger partial charge in [0, 0.05) is 6.42 Å². The number of carbonyl (C=O) groups excluding carboxylic acids is 2. The Balaban J connectivity index is 2.10. The molecule has 1 unspecified atom stereocenters. The lowest BCUT2D eigenvalue weighted by Crippen LogP contribution is -2.41. The molecule has 3 rings (SSSR count). The van der Waals surface area contributed by atoms with Gasteiger partial charge in [0.2, 0.25) is 17.8 Å². The second-order valence-electron chi connectivity index (χ2n) is 4.86. The number of anilines is 1. The van der Waals surface area contributed by atoms with Gasteiger partial charge in [-0.3, -0.25) is 19.5 Å². The number of nitrogens with one attached hydrogen (secondary N) is 1. The summed E-state index contributed by atoms with van der Waals surface area (Å²) in [5.41, 5.74) is 7.33. The van der Waals surface area contributed by atoms with E-state index in [9.17, 15) is 9.59 Å². The number of rotatable bonds is 3. The molecule has 1 aliphatic rings.